The fourth-order valence-electron chi connectivity index (χ4n) is 4.39. The van der Waals surface area contributed by atoms with Gasteiger partial charge in [0.25, 0.3) is 11.7 Å². The van der Waals surface area contributed by atoms with E-state index in [0.29, 0.717) is 11.3 Å². The molecule has 0 aliphatic carbocycles. The number of ketones is 1. The second-order valence-corrected chi connectivity index (χ2v) is 8.48. The van der Waals surface area contributed by atoms with Gasteiger partial charge in [-0.3, -0.25) is 14.5 Å². The second-order valence-electron chi connectivity index (χ2n) is 8.07. The normalized spacial score (nSPS) is 17.2. The molecule has 1 unspecified atom stereocenters. The molecule has 0 bridgehead atoms. The number of hydrogen-bond acceptors (Lipinski definition) is 4. The Hall–Kier alpha value is -4.16. The number of carbonyl (C=O) groups is 2. The van der Waals surface area contributed by atoms with E-state index in [1.807, 2.05) is 30.3 Å². The Morgan fingerprint density at radius 3 is 2.37 bits per heavy atom. The number of halogens is 2. The van der Waals surface area contributed by atoms with Gasteiger partial charge in [0.05, 0.1) is 23.7 Å². The van der Waals surface area contributed by atoms with Gasteiger partial charge in [0.1, 0.15) is 17.3 Å². The van der Waals surface area contributed by atoms with Gasteiger partial charge >= 0.3 is 0 Å². The molecule has 1 amide bonds. The molecule has 1 heterocycles. The molecule has 0 aromatic heterocycles. The summed E-state index contributed by atoms with van der Waals surface area (Å²) >= 11 is 6.28. The molecule has 1 N–H and O–H groups in total. The number of ether oxygens (including phenoxy) is 1. The molecule has 1 saturated heterocycles. The summed E-state index contributed by atoms with van der Waals surface area (Å²) in [6.07, 6.45) is 0. The highest BCUT2D eigenvalue weighted by Crippen LogP contribution is 2.44. The van der Waals surface area contributed by atoms with E-state index in [0.717, 1.165) is 15.7 Å². The maximum absolute atomic E-state index is 15.0. The lowest BCUT2D eigenvalue weighted by Gasteiger charge is -2.26. The molecule has 1 atom stereocenters. The summed E-state index contributed by atoms with van der Waals surface area (Å²) in [6, 6.07) is 22.0. The number of Topliss-reactive ketones (excluding diaryl/α,β-unsaturated/α-hetero) is 1. The molecule has 0 radical (unpaired) electrons. The van der Waals surface area contributed by atoms with Crippen LogP contribution in [0.15, 0.2) is 90.5 Å². The Bertz CT molecular complexity index is 1530. The van der Waals surface area contributed by atoms with E-state index in [1.165, 1.54) is 31.4 Å². The van der Waals surface area contributed by atoms with Crippen molar-refractivity contribution >= 4 is 45.5 Å². The fourth-order valence-corrected chi connectivity index (χ4v) is 4.64. The molecule has 0 saturated carbocycles. The van der Waals surface area contributed by atoms with Gasteiger partial charge in [-0.1, -0.05) is 66.2 Å². The van der Waals surface area contributed by atoms with Crippen LogP contribution in [0.1, 0.15) is 17.2 Å². The molecule has 5 nitrogen and oxygen atoms in total. The maximum atomic E-state index is 15.0. The van der Waals surface area contributed by atoms with Crippen LogP contribution >= 0.6 is 11.6 Å². The molecule has 35 heavy (non-hydrogen) atoms. The van der Waals surface area contributed by atoms with Crippen molar-refractivity contribution in [3.63, 3.8) is 0 Å². The number of rotatable bonds is 4. The van der Waals surface area contributed by atoms with Crippen molar-refractivity contribution in [2.24, 2.45) is 0 Å². The fraction of sp³-hybridized carbons (Fsp3) is 0.0714. The van der Waals surface area contributed by atoms with Crippen molar-refractivity contribution in [2.45, 2.75) is 6.04 Å². The lowest BCUT2D eigenvalue weighted by Crippen LogP contribution is -2.29. The third kappa shape index (κ3) is 3.82. The van der Waals surface area contributed by atoms with Gasteiger partial charge in [0.2, 0.25) is 0 Å². The number of amides is 1. The van der Waals surface area contributed by atoms with Crippen molar-refractivity contribution in [3.05, 3.63) is 112 Å². The number of aliphatic hydroxyl groups excluding tert-OH is 1. The van der Waals surface area contributed by atoms with E-state index in [4.69, 9.17) is 16.3 Å². The van der Waals surface area contributed by atoms with E-state index >= 15 is 4.39 Å². The average Bonchev–Trinajstić information content (AvgIpc) is 3.13. The minimum absolute atomic E-state index is 0.0704. The van der Waals surface area contributed by atoms with E-state index in [-0.39, 0.29) is 27.6 Å². The lowest BCUT2D eigenvalue weighted by molar-refractivity contribution is -0.132. The molecular formula is C28H19ClFNO4. The molecule has 1 aliphatic heterocycles. The molecule has 7 heteroatoms. The largest absolute Gasteiger partial charge is 0.507 e. The van der Waals surface area contributed by atoms with E-state index in [1.54, 1.807) is 30.3 Å². The van der Waals surface area contributed by atoms with E-state index < -0.39 is 23.5 Å². The summed E-state index contributed by atoms with van der Waals surface area (Å²) in [7, 11) is 1.45. The topological polar surface area (TPSA) is 66.8 Å². The van der Waals surface area contributed by atoms with E-state index in [9.17, 15) is 14.7 Å². The lowest BCUT2D eigenvalue weighted by atomic mass is 9.94. The van der Waals surface area contributed by atoms with Gasteiger partial charge < -0.3 is 9.84 Å². The first-order valence-corrected chi connectivity index (χ1v) is 11.2. The highest BCUT2D eigenvalue weighted by molar-refractivity contribution is 6.52. The van der Waals surface area contributed by atoms with Gasteiger partial charge in [0, 0.05) is 16.8 Å². The predicted octanol–water partition coefficient (Wildman–Crippen LogP) is 6.27. The molecule has 1 aliphatic rings. The van der Waals surface area contributed by atoms with Crippen LogP contribution in [0.2, 0.25) is 5.02 Å². The molecule has 4 aromatic carbocycles. The minimum atomic E-state index is -1.20. The van der Waals surface area contributed by atoms with Crippen LogP contribution in [-0.2, 0) is 9.59 Å². The summed E-state index contributed by atoms with van der Waals surface area (Å²) in [5.41, 5.74) is 0.475. The van der Waals surface area contributed by atoms with Crippen LogP contribution in [-0.4, -0.2) is 23.9 Å². The molecule has 4 aromatic rings. The SMILES string of the molecule is COc1ccc(N2C(=O)C(=O)/C(=C(/O)c3ccc4ccccc4c3)C2c2ccccc2F)cc1Cl. The van der Waals surface area contributed by atoms with Crippen LogP contribution in [0.25, 0.3) is 16.5 Å². The van der Waals surface area contributed by atoms with Crippen molar-refractivity contribution in [1.29, 1.82) is 0 Å². The highest BCUT2D eigenvalue weighted by Gasteiger charge is 2.48. The predicted molar refractivity (Wildman–Crippen MR) is 133 cm³/mol. The molecular weight excluding hydrogens is 469 g/mol. The number of nitrogens with zero attached hydrogens (tertiary/aromatic N) is 1. The van der Waals surface area contributed by atoms with Crippen LogP contribution in [0.5, 0.6) is 5.75 Å². The summed E-state index contributed by atoms with van der Waals surface area (Å²) in [5, 5.41) is 13.3. The maximum Gasteiger partial charge on any atom is 0.300 e. The Kier molecular flexibility index (Phi) is 5.75. The zero-order chi connectivity index (χ0) is 24.7. The van der Waals surface area contributed by atoms with Gasteiger partial charge in [-0.05, 0) is 41.1 Å². The summed E-state index contributed by atoms with van der Waals surface area (Å²) in [4.78, 5) is 27.7. The first kappa shape index (κ1) is 22.6. The number of anilines is 1. The van der Waals surface area contributed by atoms with Crippen molar-refractivity contribution < 1.29 is 23.8 Å². The highest BCUT2D eigenvalue weighted by atomic mass is 35.5. The monoisotopic (exact) mass is 487 g/mol. The smallest absolute Gasteiger partial charge is 0.300 e. The zero-order valence-electron chi connectivity index (χ0n) is 18.5. The summed E-state index contributed by atoms with van der Waals surface area (Å²) in [5.74, 6) is -2.44. The van der Waals surface area contributed by atoms with Gasteiger partial charge in [0.15, 0.2) is 0 Å². The molecule has 0 spiro atoms. The third-order valence-electron chi connectivity index (χ3n) is 6.08. The van der Waals surface area contributed by atoms with Gasteiger partial charge in [-0.25, -0.2) is 4.39 Å². The Morgan fingerprint density at radius 2 is 1.66 bits per heavy atom. The van der Waals surface area contributed by atoms with Crippen molar-refractivity contribution in [1.82, 2.24) is 0 Å². The first-order chi connectivity index (χ1) is 16.9. The third-order valence-corrected chi connectivity index (χ3v) is 6.38. The van der Waals surface area contributed by atoms with Crippen LogP contribution in [0.4, 0.5) is 10.1 Å². The van der Waals surface area contributed by atoms with Crippen LogP contribution in [0, 0.1) is 5.82 Å². The van der Waals surface area contributed by atoms with Crippen LogP contribution in [0.3, 0.4) is 0 Å². The Balaban J connectivity index is 1.74. The standard InChI is InChI=1S/C28H19ClFNO4/c1-35-23-13-12-19(15-21(23)29)31-25(20-8-4-5-9-22(20)30)24(27(33)28(31)34)26(32)18-11-10-16-6-2-3-7-17(16)14-18/h2-15,25,32H,1H3/b26-24+. The average molecular weight is 488 g/mol. The van der Waals surface area contributed by atoms with Crippen molar-refractivity contribution in [2.75, 3.05) is 12.0 Å². The summed E-state index contributed by atoms with van der Waals surface area (Å²) in [6.45, 7) is 0. The number of benzene rings is 4. The molecule has 5 rings (SSSR count). The number of aliphatic hydroxyl groups is 1. The number of hydrogen-bond donors (Lipinski definition) is 1. The molecule has 174 valence electrons. The van der Waals surface area contributed by atoms with Gasteiger partial charge in [-0.2, -0.15) is 0 Å². The van der Waals surface area contributed by atoms with Gasteiger partial charge in [-0.15, -0.1) is 0 Å². The minimum Gasteiger partial charge on any atom is -0.507 e. The number of carbonyl (C=O) groups excluding carboxylic acids is 2. The second kappa shape index (κ2) is 8.89. The molecule has 1 fully saturated rings. The zero-order valence-corrected chi connectivity index (χ0v) is 19.3. The number of fused-ring (bicyclic) bond motifs is 1. The van der Waals surface area contributed by atoms with E-state index in [2.05, 4.69) is 0 Å². The van der Waals surface area contributed by atoms with Crippen LogP contribution < -0.4 is 9.64 Å². The number of methoxy groups -OCH3 is 1. The quantitative estimate of drug-likeness (QED) is 0.209. The first-order valence-electron chi connectivity index (χ1n) is 10.8. The van der Waals surface area contributed by atoms with Crippen molar-refractivity contribution in [3.8, 4) is 5.75 Å². The summed E-state index contributed by atoms with van der Waals surface area (Å²) < 4.78 is 20.2. The Morgan fingerprint density at radius 1 is 0.943 bits per heavy atom. The Labute approximate surface area is 205 Å².